The maximum atomic E-state index is 8.72. The zero-order chi connectivity index (χ0) is 10.4. The highest BCUT2D eigenvalue weighted by Gasteiger charge is 2.05. The van der Waals surface area contributed by atoms with Gasteiger partial charge in [-0.3, -0.25) is 4.98 Å². The van der Waals surface area contributed by atoms with Crippen LogP contribution in [0.4, 0.5) is 5.82 Å². The Bertz CT molecular complexity index is 283. The van der Waals surface area contributed by atoms with Crippen LogP contribution in [0.2, 0.25) is 5.15 Å². The molecule has 14 heavy (non-hydrogen) atoms. The van der Waals surface area contributed by atoms with Gasteiger partial charge in [0.25, 0.3) is 0 Å². The van der Waals surface area contributed by atoms with Gasteiger partial charge < -0.3 is 10.0 Å². The monoisotopic (exact) mass is 215 g/mol. The van der Waals surface area contributed by atoms with Crippen molar-refractivity contribution in [1.29, 1.82) is 0 Å². The highest BCUT2D eigenvalue weighted by atomic mass is 35.5. The quantitative estimate of drug-likeness (QED) is 0.806. The molecule has 0 saturated heterocycles. The fourth-order valence-electron chi connectivity index (χ4n) is 1.18. The standard InChI is InChI=1S/C9H14ClN3O/c1-2-13(4-3-5-14)9-7-11-6-8(10)12-9/h6-7,14H,2-5H2,1H3. The summed E-state index contributed by atoms with van der Waals surface area (Å²) in [7, 11) is 0. The number of hydrogen-bond acceptors (Lipinski definition) is 4. The number of rotatable bonds is 5. The van der Waals surface area contributed by atoms with Crippen molar-refractivity contribution in [3.63, 3.8) is 0 Å². The number of aliphatic hydroxyl groups excluding tert-OH is 1. The third-order valence-corrected chi connectivity index (χ3v) is 2.07. The van der Waals surface area contributed by atoms with Crippen LogP contribution in [0.3, 0.4) is 0 Å². The van der Waals surface area contributed by atoms with E-state index in [4.69, 9.17) is 16.7 Å². The van der Waals surface area contributed by atoms with Crippen molar-refractivity contribution in [2.24, 2.45) is 0 Å². The summed E-state index contributed by atoms with van der Waals surface area (Å²) in [5, 5.41) is 9.12. The molecule has 0 saturated carbocycles. The first-order chi connectivity index (χ1) is 6.77. The Hall–Kier alpha value is -0.870. The minimum Gasteiger partial charge on any atom is -0.396 e. The van der Waals surface area contributed by atoms with Gasteiger partial charge in [-0.05, 0) is 13.3 Å². The summed E-state index contributed by atoms with van der Waals surface area (Å²) in [6, 6.07) is 0. The van der Waals surface area contributed by atoms with E-state index in [9.17, 15) is 0 Å². The van der Waals surface area contributed by atoms with Crippen molar-refractivity contribution < 1.29 is 5.11 Å². The van der Waals surface area contributed by atoms with Gasteiger partial charge in [0, 0.05) is 19.7 Å². The second-order valence-electron chi connectivity index (χ2n) is 2.86. The Kier molecular flexibility index (Phi) is 4.62. The van der Waals surface area contributed by atoms with Gasteiger partial charge in [-0.1, -0.05) is 11.6 Å². The normalized spacial score (nSPS) is 10.2. The van der Waals surface area contributed by atoms with Gasteiger partial charge in [0.2, 0.25) is 0 Å². The van der Waals surface area contributed by atoms with Crippen molar-refractivity contribution in [1.82, 2.24) is 9.97 Å². The van der Waals surface area contributed by atoms with Crippen molar-refractivity contribution in [3.8, 4) is 0 Å². The van der Waals surface area contributed by atoms with Crippen molar-refractivity contribution in [2.45, 2.75) is 13.3 Å². The number of nitrogens with zero attached hydrogens (tertiary/aromatic N) is 3. The molecule has 4 nitrogen and oxygen atoms in total. The Morgan fingerprint density at radius 2 is 2.29 bits per heavy atom. The molecular formula is C9H14ClN3O. The van der Waals surface area contributed by atoms with Crippen LogP contribution in [0.25, 0.3) is 0 Å². The third kappa shape index (κ3) is 3.12. The molecular weight excluding hydrogens is 202 g/mol. The molecule has 5 heteroatoms. The molecule has 0 aliphatic carbocycles. The molecule has 0 radical (unpaired) electrons. The van der Waals surface area contributed by atoms with Crippen molar-refractivity contribution >= 4 is 17.4 Å². The van der Waals surface area contributed by atoms with Crippen LogP contribution in [0.15, 0.2) is 12.4 Å². The summed E-state index contributed by atoms with van der Waals surface area (Å²) in [4.78, 5) is 10.1. The van der Waals surface area contributed by atoms with Crippen LogP contribution in [0.1, 0.15) is 13.3 Å². The molecule has 0 unspecified atom stereocenters. The van der Waals surface area contributed by atoms with Gasteiger partial charge in [-0.2, -0.15) is 0 Å². The molecule has 0 atom stereocenters. The zero-order valence-electron chi connectivity index (χ0n) is 8.15. The predicted octanol–water partition coefficient (Wildman–Crippen LogP) is 1.34. The summed E-state index contributed by atoms with van der Waals surface area (Å²) in [5.41, 5.74) is 0. The Balaban J connectivity index is 2.68. The highest BCUT2D eigenvalue weighted by Crippen LogP contribution is 2.12. The number of anilines is 1. The molecule has 1 aromatic heterocycles. The lowest BCUT2D eigenvalue weighted by atomic mass is 10.4. The lowest BCUT2D eigenvalue weighted by Crippen LogP contribution is -2.25. The van der Waals surface area contributed by atoms with Gasteiger partial charge in [0.1, 0.15) is 11.0 Å². The first-order valence-electron chi connectivity index (χ1n) is 4.61. The molecule has 1 aromatic rings. The van der Waals surface area contributed by atoms with Crippen LogP contribution >= 0.6 is 11.6 Å². The minimum absolute atomic E-state index is 0.185. The summed E-state index contributed by atoms with van der Waals surface area (Å²) in [6.45, 7) is 3.81. The molecule has 0 fully saturated rings. The smallest absolute Gasteiger partial charge is 0.149 e. The van der Waals surface area contributed by atoms with Crippen molar-refractivity contribution in [2.75, 3.05) is 24.6 Å². The first kappa shape index (κ1) is 11.2. The highest BCUT2D eigenvalue weighted by molar-refractivity contribution is 6.29. The van der Waals surface area contributed by atoms with Gasteiger partial charge in [-0.15, -0.1) is 0 Å². The first-order valence-corrected chi connectivity index (χ1v) is 4.99. The van der Waals surface area contributed by atoms with E-state index in [1.54, 1.807) is 6.20 Å². The Labute approximate surface area is 88.6 Å². The molecule has 1 heterocycles. The van der Waals surface area contributed by atoms with E-state index in [1.165, 1.54) is 6.20 Å². The number of aromatic nitrogens is 2. The lowest BCUT2D eigenvalue weighted by Gasteiger charge is -2.20. The topological polar surface area (TPSA) is 49.2 Å². The molecule has 78 valence electrons. The SMILES string of the molecule is CCN(CCCO)c1cncc(Cl)n1. The maximum Gasteiger partial charge on any atom is 0.149 e. The lowest BCUT2D eigenvalue weighted by molar-refractivity contribution is 0.289. The molecule has 0 aromatic carbocycles. The minimum atomic E-state index is 0.185. The van der Waals surface area contributed by atoms with Gasteiger partial charge in [-0.25, -0.2) is 4.98 Å². The van der Waals surface area contributed by atoms with Crippen LogP contribution in [0.5, 0.6) is 0 Å². The number of halogens is 1. The summed E-state index contributed by atoms with van der Waals surface area (Å²) < 4.78 is 0. The fourth-order valence-corrected chi connectivity index (χ4v) is 1.32. The maximum absolute atomic E-state index is 8.72. The average Bonchev–Trinajstić information content (AvgIpc) is 2.19. The summed E-state index contributed by atoms with van der Waals surface area (Å²) in [6.07, 6.45) is 3.90. The summed E-state index contributed by atoms with van der Waals surface area (Å²) in [5.74, 6) is 0.758. The second kappa shape index (κ2) is 5.78. The molecule has 0 spiro atoms. The van der Waals surface area contributed by atoms with Crippen LogP contribution in [0, 0.1) is 0 Å². The molecule has 0 aliphatic heterocycles. The van der Waals surface area contributed by atoms with E-state index in [0.717, 1.165) is 25.3 Å². The van der Waals surface area contributed by atoms with Crippen LogP contribution < -0.4 is 4.90 Å². The van der Waals surface area contributed by atoms with Crippen LogP contribution in [-0.2, 0) is 0 Å². The summed E-state index contributed by atoms with van der Waals surface area (Å²) >= 11 is 5.73. The van der Waals surface area contributed by atoms with Gasteiger partial charge in [0.15, 0.2) is 0 Å². The largest absolute Gasteiger partial charge is 0.396 e. The van der Waals surface area contributed by atoms with E-state index >= 15 is 0 Å². The van der Waals surface area contributed by atoms with Crippen LogP contribution in [-0.4, -0.2) is 34.8 Å². The molecule has 0 aliphatic rings. The number of aliphatic hydroxyl groups is 1. The van der Waals surface area contributed by atoms with E-state index in [2.05, 4.69) is 9.97 Å². The predicted molar refractivity (Wildman–Crippen MR) is 56.6 cm³/mol. The average molecular weight is 216 g/mol. The molecule has 1 rings (SSSR count). The van der Waals surface area contributed by atoms with E-state index in [0.29, 0.717) is 5.15 Å². The number of hydrogen-bond donors (Lipinski definition) is 1. The Morgan fingerprint density at radius 3 is 2.86 bits per heavy atom. The van der Waals surface area contributed by atoms with Gasteiger partial charge >= 0.3 is 0 Å². The third-order valence-electron chi connectivity index (χ3n) is 1.88. The Morgan fingerprint density at radius 1 is 1.50 bits per heavy atom. The second-order valence-corrected chi connectivity index (χ2v) is 3.24. The van der Waals surface area contributed by atoms with Gasteiger partial charge in [0.05, 0.1) is 12.4 Å². The fraction of sp³-hybridized carbons (Fsp3) is 0.556. The van der Waals surface area contributed by atoms with Crippen molar-refractivity contribution in [3.05, 3.63) is 17.5 Å². The zero-order valence-corrected chi connectivity index (χ0v) is 8.91. The van der Waals surface area contributed by atoms with E-state index in [-0.39, 0.29) is 6.61 Å². The molecule has 0 amide bonds. The molecule has 1 N–H and O–H groups in total. The molecule has 0 bridgehead atoms. The van der Waals surface area contributed by atoms with E-state index in [1.807, 2.05) is 11.8 Å². The van der Waals surface area contributed by atoms with E-state index < -0.39 is 0 Å².